The zero-order valence-corrected chi connectivity index (χ0v) is 10.8. The molecule has 0 aromatic heterocycles. The lowest BCUT2D eigenvalue weighted by Crippen LogP contribution is -2.20. The zero-order valence-electron chi connectivity index (χ0n) is 9.20. The molecule has 1 aromatic rings. The van der Waals surface area contributed by atoms with E-state index in [1.54, 1.807) is 12.1 Å². The second-order valence-electron chi connectivity index (χ2n) is 3.40. The van der Waals surface area contributed by atoms with E-state index in [-0.39, 0.29) is 12.5 Å². The first-order valence-corrected chi connectivity index (χ1v) is 5.64. The number of carbonyl (C=O) groups excluding carboxylic acids is 1. The van der Waals surface area contributed by atoms with Gasteiger partial charge in [0.25, 0.3) is 0 Å². The predicted octanol–water partition coefficient (Wildman–Crippen LogP) is 1.80. The summed E-state index contributed by atoms with van der Waals surface area (Å²) >= 11 is 3.35. The lowest BCUT2D eigenvalue weighted by Gasteiger charge is -2.06. The molecule has 1 rings (SSSR count). The van der Waals surface area contributed by atoms with Gasteiger partial charge in [-0.1, -0.05) is 15.9 Å². The van der Waals surface area contributed by atoms with Gasteiger partial charge in [-0.05, 0) is 30.7 Å². The number of hydrogen-bond donors (Lipinski definition) is 2. The molecule has 5 nitrogen and oxygen atoms in total. The van der Waals surface area contributed by atoms with Crippen LogP contribution in [0.15, 0.2) is 22.7 Å². The molecule has 0 bridgehead atoms. The maximum absolute atomic E-state index is 11.3. The number of amides is 1. The van der Waals surface area contributed by atoms with Gasteiger partial charge in [-0.3, -0.25) is 4.79 Å². The lowest BCUT2D eigenvalue weighted by molar-refractivity contribution is -0.143. The molecule has 0 aliphatic carbocycles. The van der Waals surface area contributed by atoms with Gasteiger partial charge in [0.2, 0.25) is 5.91 Å². The summed E-state index contributed by atoms with van der Waals surface area (Å²) in [6.07, 6.45) is 0. The van der Waals surface area contributed by atoms with Crippen LogP contribution in [-0.2, 0) is 14.3 Å². The SMILES string of the molecule is Cc1cc(NC(=O)COCC(=O)O)ccc1Br. The molecule has 0 fully saturated rings. The van der Waals surface area contributed by atoms with E-state index in [2.05, 4.69) is 26.0 Å². The summed E-state index contributed by atoms with van der Waals surface area (Å²) < 4.78 is 5.62. The number of hydrogen-bond acceptors (Lipinski definition) is 3. The van der Waals surface area contributed by atoms with Crippen molar-refractivity contribution in [1.29, 1.82) is 0 Å². The van der Waals surface area contributed by atoms with Crippen molar-refractivity contribution in [1.82, 2.24) is 0 Å². The maximum atomic E-state index is 11.3. The number of carboxylic acid groups (broad SMARTS) is 1. The van der Waals surface area contributed by atoms with Crippen LogP contribution in [0.3, 0.4) is 0 Å². The molecular weight excluding hydrogens is 290 g/mol. The molecule has 1 aromatic carbocycles. The highest BCUT2D eigenvalue weighted by Gasteiger charge is 2.05. The predicted molar refractivity (Wildman–Crippen MR) is 66.0 cm³/mol. The fraction of sp³-hybridized carbons (Fsp3) is 0.273. The summed E-state index contributed by atoms with van der Waals surface area (Å²) in [5.41, 5.74) is 1.64. The van der Waals surface area contributed by atoms with Crippen LogP contribution in [0.2, 0.25) is 0 Å². The van der Waals surface area contributed by atoms with Crippen LogP contribution in [-0.4, -0.2) is 30.2 Å². The monoisotopic (exact) mass is 301 g/mol. The van der Waals surface area contributed by atoms with E-state index in [0.717, 1.165) is 10.0 Å². The number of carboxylic acids is 1. The minimum atomic E-state index is -1.10. The van der Waals surface area contributed by atoms with E-state index in [1.165, 1.54) is 0 Å². The van der Waals surface area contributed by atoms with Crippen molar-refractivity contribution < 1.29 is 19.4 Å². The minimum Gasteiger partial charge on any atom is -0.480 e. The van der Waals surface area contributed by atoms with E-state index < -0.39 is 12.6 Å². The Hall–Kier alpha value is -1.40. The maximum Gasteiger partial charge on any atom is 0.329 e. The second kappa shape index (κ2) is 6.36. The first kappa shape index (κ1) is 13.7. The molecular formula is C11H12BrNO4. The second-order valence-corrected chi connectivity index (χ2v) is 4.25. The molecule has 0 saturated heterocycles. The van der Waals surface area contributed by atoms with Gasteiger partial charge in [0.15, 0.2) is 0 Å². The van der Waals surface area contributed by atoms with Gasteiger partial charge in [-0.15, -0.1) is 0 Å². The van der Waals surface area contributed by atoms with E-state index in [4.69, 9.17) is 5.11 Å². The Bertz CT molecular complexity index is 433. The molecule has 2 N–H and O–H groups in total. The number of ether oxygens (including phenoxy) is 1. The summed E-state index contributed by atoms with van der Waals surface area (Å²) in [5, 5.41) is 10.9. The van der Waals surface area contributed by atoms with Gasteiger partial charge in [-0.25, -0.2) is 4.79 Å². The Morgan fingerprint density at radius 3 is 2.71 bits per heavy atom. The van der Waals surface area contributed by atoms with Crippen molar-refractivity contribution in [3.05, 3.63) is 28.2 Å². The summed E-state index contributed by atoms with van der Waals surface area (Å²) in [6.45, 7) is 1.15. The Labute approximate surface area is 107 Å². The number of rotatable bonds is 5. The topological polar surface area (TPSA) is 75.6 Å². The van der Waals surface area contributed by atoms with Crippen LogP contribution in [0.4, 0.5) is 5.69 Å². The largest absolute Gasteiger partial charge is 0.480 e. The van der Waals surface area contributed by atoms with Gasteiger partial charge in [-0.2, -0.15) is 0 Å². The zero-order chi connectivity index (χ0) is 12.8. The number of benzene rings is 1. The number of aryl methyl sites for hydroxylation is 1. The van der Waals surface area contributed by atoms with Crippen molar-refractivity contribution in [2.24, 2.45) is 0 Å². The molecule has 0 radical (unpaired) electrons. The van der Waals surface area contributed by atoms with Gasteiger partial charge >= 0.3 is 5.97 Å². The normalized spacial score (nSPS) is 10.0. The quantitative estimate of drug-likeness (QED) is 0.869. The molecule has 0 unspecified atom stereocenters. The van der Waals surface area contributed by atoms with Crippen LogP contribution in [0.5, 0.6) is 0 Å². The third-order valence-corrected chi connectivity index (χ3v) is 2.79. The van der Waals surface area contributed by atoms with Gasteiger partial charge in [0.1, 0.15) is 13.2 Å². The van der Waals surface area contributed by atoms with Crippen molar-refractivity contribution in [2.75, 3.05) is 18.5 Å². The smallest absolute Gasteiger partial charge is 0.329 e. The summed E-state index contributed by atoms with van der Waals surface area (Å²) in [7, 11) is 0. The average molecular weight is 302 g/mol. The number of aliphatic carboxylic acids is 1. The summed E-state index contributed by atoms with van der Waals surface area (Å²) in [6, 6.07) is 5.37. The van der Waals surface area contributed by atoms with Crippen molar-refractivity contribution in [3.8, 4) is 0 Å². The molecule has 0 spiro atoms. The standard InChI is InChI=1S/C11H12BrNO4/c1-7-4-8(2-3-9(7)12)13-10(14)5-17-6-11(15)16/h2-4H,5-6H2,1H3,(H,13,14)(H,15,16). The lowest BCUT2D eigenvalue weighted by atomic mass is 10.2. The Morgan fingerprint density at radius 1 is 1.41 bits per heavy atom. The molecule has 0 aliphatic rings. The van der Waals surface area contributed by atoms with Gasteiger partial charge in [0, 0.05) is 10.2 Å². The van der Waals surface area contributed by atoms with Gasteiger partial charge < -0.3 is 15.2 Å². The van der Waals surface area contributed by atoms with Crippen molar-refractivity contribution >= 4 is 33.5 Å². The third kappa shape index (κ3) is 4.97. The van der Waals surface area contributed by atoms with Crippen LogP contribution in [0, 0.1) is 6.92 Å². The Morgan fingerprint density at radius 2 is 2.12 bits per heavy atom. The molecule has 92 valence electrons. The fourth-order valence-electron chi connectivity index (χ4n) is 1.15. The van der Waals surface area contributed by atoms with E-state index in [1.807, 2.05) is 13.0 Å². The molecule has 6 heteroatoms. The first-order chi connectivity index (χ1) is 7.99. The minimum absolute atomic E-state index is 0.276. The highest BCUT2D eigenvalue weighted by atomic mass is 79.9. The third-order valence-electron chi connectivity index (χ3n) is 1.90. The molecule has 1 amide bonds. The van der Waals surface area contributed by atoms with Crippen molar-refractivity contribution in [3.63, 3.8) is 0 Å². The Balaban J connectivity index is 2.45. The van der Waals surface area contributed by atoms with E-state index in [0.29, 0.717) is 5.69 Å². The van der Waals surface area contributed by atoms with Crippen LogP contribution in [0.1, 0.15) is 5.56 Å². The number of anilines is 1. The van der Waals surface area contributed by atoms with Gasteiger partial charge in [0.05, 0.1) is 0 Å². The Kier molecular flexibility index (Phi) is 5.11. The number of nitrogens with one attached hydrogen (secondary N) is 1. The molecule has 0 heterocycles. The summed E-state index contributed by atoms with van der Waals surface area (Å²) in [5.74, 6) is -1.48. The first-order valence-electron chi connectivity index (χ1n) is 4.84. The molecule has 0 aliphatic heterocycles. The molecule has 0 atom stereocenters. The average Bonchev–Trinajstić information content (AvgIpc) is 2.23. The van der Waals surface area contributed by atoms with Crippen LogP contribution < -0.4 is 5.32 Å². The van der Waals surface area contributed by atoms with E-state index >= 15 is 0 Å². The van der Waals surface area contributed by atoms with E-state index in [9.17, 15) is 9.59 Å². The fourth-order valence-corrected chi connectivity index (χ4v) is 1.40. The van der Waals surface area contributed by atoms with Crippen LogP contribution in [0.25, 0.3) is 0 Å². The highest BCUT2D eigenvalue weighted by Crippen LogP contribution is 2.19. The van der Waals surface area contributed by atoms with Crippen LogP contribution >= 0.6 is 15.9 Å². The molecule has 0 saturated carbocycles. The number of carbonyl (C=O) groups is 2. The summed E-state index contributed by atoms with van der Waals surface area (Å²) in [4.78, 5) is 21.5. The molecule has 17 heavy (non-hydrogen) atoms. The highest BCUT2D eigenvalue weighted by molar-refractivity contribution is 9.10. The number of halogens is 1. The van der Waals surface area contributed by atoms with Crippen molar-refractivity contribution in [2.45, 2.75) is 6.92 Å².